The van der Waals surface area contributed by atoms with Crippen LogP contribution in [0.15, 0.2) is 4.79 Å². The highest BCUT2D eigenvalue weighted by molar-refractivity contribution is 5.86. The van der Waals surface area contributed by atoms with Crippen LogP contribution in [-0.2, 0) is 23.1 Å². The zero-order valence-corrected chi connectivity index (χ0v) is 16.5. The number of piperazine rings is 1. The first-order chi connectivity index (χ1) is 14.2. The molecule has 10 nitrogen and oxygen atoms in total. The lowest BCUT2D eigenvalue weighted by Gasteiger charge is -2.36. The lowest BCUT2D eigenvalue weighted by atomic mass is 10.3. The molecule has 2 aromatic rings. The van der Waals surface area contributed by atoms with Gasteiger partial charge in [-0.25, -0.2) is 9.59 Å². The van der Waals surface area contributed by atoms with Crippen LogP contribution < -0.4 is 21.2 Å². The van der Waals surface area contributed by atoms with Crippen molar-refractivity contribution in [2.45, 2.75) is 25.9 Å². The minimum absolute atomic E-state index is 0.0427. The molecule has 0 aliphatic carbocycles. The van der Waals surface area contributed by atoms with Gasteiger partial charge in [0.15, 0.2) is 17.7 Å². The number of esters is 1. The fourth-order valence-corrected chi connectivity index (χ4v) is 3.11. The molecule has 0 spiro atoms. The van der Waals surface area contributed by atoms with Gasteiger partial charge in [0.1, 0.15) is 5.52 Å². The Hall–Kier alpha value is -3.27. The number of aromatic nitrogens is 4. The number of halogens is 3. The van der Waals surface area contributed by atoms with Crippen LogP contribution >= 0.6 is 0 Å². The molecule has 1 unspecified atom stereocenters. The number of hydrogen-bond donors (Lipinski definition) is 2. The first-order valence-electron chi connectivity index (χ1n) is 8.98. The van der Waals surface area contributed by atoms with E-state index in [1.165, 1.54) is 21.1 Å². The van der Waals surface area contributed by atoms with Crippen LogP contribution in [0.25, 0.3) is 11.2 Å². The molecule has 1 atom stereocenters. The van der Waals surface area contributed by atoms with Gasteiger partial charge in [0.25, 0.3) is 0 Å². The van der Waals surface area contributed by atoms with Crippen molar-refractivity contribution in [2.75, 3.05) is 36.9 Å². The van der Waals surface area contributed by atoms with E-state index in [-0.39, 0.29) is 37.0 Å². The molecular formula is C17H20F3N7O3. The van der Waals surface area contributed by atoms with Gasteiger partial charge in [-0.05, 0) is 6.92 Å². The monoisotopic (exact) mass is 427 g/mol. The zero-order valence-electron chi connectivity index (χ0n) is 16.5. The average Bonchev–Trinajstić information content (AvgIpc) is 2.95. The maximum absolute atomic E-state index is 12.8. The summed E-state index contributed by atoms with van der Waals surface area (Å²) in [5.41, 5.74) is 0.154. The van der Waals surface area contributed by atoms with Crippen molar-refractivity contribution < 1.29 is 22.7 Å². The molecule has 1 fully saturated rings. The van der Waals surface area contributed by atoms with Crippen molar-refractivity contribution in [3.05, 3.63) is 10.5 Å². The maximum Gasteiger partial charge on any atom is 0.491 e. The summed E-state index contributed by atoms with van der Waals surface area (Å²) in [6.07, 6.45) is -6.41. The molecule has 13 heteroatoms. The molecule has 0 amide bonds. The second-order valence-electron chi connectivity index (χ2n) is 6.40. The summed E-state index contributed by atoms with van der Waals surface area (Å²) >= 11 is 0. The first-order valence-corrected chi connectivity index (χ1v) is 8.98. The Bertz CT molecular complexity index is 1080. The number of fused-ring (bicyclic) bond motifs is 1. The second-order valence-corrected chi connectivity index (χ2v) is 6.40. The Labute approximate surface area is 169 Å². The standard InChI is InChI=1S/C17H20F3N7O3/c1-4-5-7-27-11-12(25(3)16(27)29)23-15(21-2)24-13(11)26-8-6-22-9-10(26)30-14(28)17(18,19)20/h10,22H,6-9H2,1-3H3,(H,21,23,24). The summed E-state index contributed by atoms with van der Waals surface area (Å²) in [6.45, 7) is 2.21. The van der Waals surface area contributed by atoms with Crippen molar-refractivity contribution in [1.29, 1.82) is 0 Å². The molecule has 0 aromatic carbocycles. The van der Waals surface area contributed by atoms with Crippen molar-refractivity contribution in [1.82, 2.24) is 24.4 Å². The molecule has 2 aromatic heterocycles. The van der Waals surface area contributed by atoms with Gasteiger partial charge in [-0.1, -0.05) is 5.92 Å². The number of alkyl halides is 3. The fourth-order valence-electron chi connectivity index (χ4n) is 3.11. The number of ether oxygens (including phenoxy) is 1. The van der Waals surface area contributed by atoms with E-state index in [4.69, 9.17) is 4.74 Å². The second kappa shape index (κ2) is 8.23. The first kappa shape index (κ1) is 21.4. The molecule has 1 saturated heterocycles. The summed E-state index contributed by atoms with van der Waals surface area (Å²) in [4.78, 5) is 34.3. The molecule has 1 aliphatic heterocycles. The van der Waals surface area contributed by atoms with Gasteiger partial charge in [0, 0.05) is 27.2 Å². The third-order valence-corrected chi connectivity index (χ3v) is 4.53. The van der Waals surface area contributed by atoms with E-state index < -0.39 is 24.1 Å². The fraction of sp³-hybridized carbons (Fsp3) is 0.529. The normalized spacial score (nSPS) is 16.9. The Morgan fingerprint density at radius 3 is 2.77 bits per heavy atom. The number of imidazole rings is 1. The van der Waals surface area contributed by atoms with E-state index in [9.17, 15) is 22.8 Å². The minimum atomic E-state index is -5.13. The van der Waals surface area contributed by atoms with E-state index >= 15 is 0 Å². The molecule has 162 valence electrons. The number of nitrogens with zero attached hydrogens (tertiary/aromatic N) is 5. The molecule has 0 saturated carbocycles. The molecule has 0 bridgehead atoms. The summed E-state index contributed by atoms with van der Waals surface area (Å²) in [5, 5.41) is 5.66. The van der Waals surface area contributed by atoms with Gasteiger partial charge in [0.2, 0.25) is 5.95 Å². The number of rotatable bonds is 4. The van der Waals surface area contributed by atoms with Crippen molar-refractivity contribution >= 4 is 28.9 Å². The highest BCUT2D eigenvalue weighted by atomic mass is 19.4. The molecule has 30 heavy (non-hydrogen) atoms. The average molecular weight is 427 g/mol. The predicted octanol–water partition coefficient (Wildman–Crippen LogP) is 0.0362. The molecule has 1 aliphatic rings. The third-order valence-electron chi connectivity index (χ3n) is 4.53. The van der Waals surface area contributed by atoms with E-state index in [0.717, 1.165) is 0 Å². The quantitative estimate of drug-likeness (QED) is 0.520. The van der Waals surface area contributed by atoms with Crippen molar-refractivity contribution in [2.24, 2.45) is 7.05 Å². The van der Waals surface area contributed by atoms with E-state index in [2.05, 4.69) is 32.4 Å². The van der Waals surface area contributed by atoms with Gasteiger partial charge in [-0.2, -0.15) is 23.1 Å². The summed E-state index contributed by atoms with van der Waals surface area (Å²) < 4.78 is 45.6. The Morgan fingerprint density at radius 1 is 1.40 bits per heavy atom. The Balaban J connectivity index is 2.18. The summed E-state index contributed by atoms with van der Waals surface area (Å²) in [7, 11) is 3.09. The van der Waals surface area contributed by atoms with Crippen LogP contribution in [-0.4, -0.2) is 64.2 Å². The van der Waals surface area contributed by atoms with Crippen LogP contribution in [0.4, 0.5) is 24.9 Å². The Kier molecular flexibility index (Phi) is 5.88. The van der Waals surface area contributed by atoms with Gasteiger partial charge in [0.05, 0.1) is 13.1 Å². The van der Waals surface area contributed by atoms with E-state index in [0.29, 0.717) is 12.1 Å². The third kappa shape index (κ3) is 3.90. The van der Waals surface area contributed by atoms with Crippen LogP contribution in [0.5, 0.6) is 0 Å². The number of aryl methyl sites for hydroxylation is 1. The molecule has 0 radical (unpaired) electrons. The highest BCUT2D eigenvalue weighted by Gasteiger charge is 2.44. The minimum Gasteiger partial charge on any atom is -0.433 e. The van der Waals surface area contributed by atoms with Crippen LogP contribution in [0.1, 0.15) is 6.92 Å². The van der Waals surface area contributed by atoms with Crippen LogP contribution in [0.3, 0.4) is 0 Å². The maximum atomic E-state index is 12.8. The van der Waals surface area contributed by atoms with Crippen molar-refractivity contribution in [3.8, 4) is 11.8 Å². The van der Waals surface area contributed by atoms with E-state index in [1.807, 2.05) is 0 Å². The summed E-state index contributed by atoms with van der Waals surface area (Å²) in [5.74, 6) is 3.52. The number of anilines is 2. The molecule has 3 rings (SSSR count). The lowest BCUT2D eigenvalue weighted by Crippen LogP contribution is -2.54. The van der Waals surface area contributed by atoms with Gasteiger partial charge in [-0.3, -0.25) is 9.13 Å². The smallest absolute Gasteiger partial charge is 0.433 e. The van der Waals surface area contributed by atoms with Crippen molar-refractivity contribution in [3.63, 3.8) is 0 Å². The Morgan fingerprint density at radius 2 is 2.13 bits per heavy atom. The zero-order chi connectivity index (χ0) is 22.1. The number of hydrogen-bond acceptors (Lipinski definition) is 8. The van der Waals surface area contributed by atoms with Gasteiger partial charge >= 0.3 is 17.8 Å². The van der Waals surface area contributed by atoms with Crippen LogP contribution in [0.2, 0.25) is 0 Å². The molecule has 2 N–H and O–H groups in total. The molecule has 3 heterocycles. The SMILES string of the molecule is CC#CCn1c(=O)n(C)c2nc(NC)nc(N3CCNCC3OC(=O)C(F)(F)F)c21. The lowest BCUT2D eigenvalue weighted by molar-refractivity contribution is -0.205. The number of carbonyl (C=O) groups is 1. The summed E-state index contributed by atoms with van der Waals surface area (Å²) in [6, 6.07) is 0. The van der Waals surface area contributed by atoms with E-state index in [1.54, 1.807) is 14.0 Å². The van der Waals surface area contributed by atoms with Gasteiger partial charge < -0.3 is 20.3 Å². The molecular weight excluding hydrogens is 407 g/mol. The number of nitrogens with one attached hydrogen (secondary N) is 2. The highest BCUT2D eigenvalue weighted by Crippen LogP contribution is 2.28. The predicted molar refractivity (Wildman–Crippen MR) is 102 cm³/mol. The number of carbonyl (C=O) groups excluding carboxylic acids is 1. The van der Waals surface area contributed by atoms with Gasteiger partial charge in [-0.15, -0.1) is 5.92 Å². The van der Waals surface area contributed by atoms with Crippen LogP contribution in [0, 0.1) is 11.8 Å². The topological polar surface area (TPSA) is 106 Å². The largest absolute Gasteiger partial charge is 0.491 e.